The van der Waals surface area contributed by atoms with Crippen LogP contribution >= 0.6 is 0 Å². The molecule has 6 nitrogen and oxygen atoms in total. The molecular formula is C10H16N2O4. The Morgan fingerprint density at radius 2 is 2.19 bits per heavy atom. The van der Waals surface area contributed by atoms with Gasteiger partial charge in [0, 0.05) is 0 Å². The topological polar surface area (TPSA) is 88.4 Å². The molecule has 1 amide bonds. The molecule has 0 rings (SSSR count). The fourth-order valence-corrected chi connectivity index (χ4v) is 0.920. The molecule has 0 fully saturated rings. The third-order valence-corrected chi connectivity index (χ3v) is 1.80. The molecule has 0 saturated heterocycles. The van der Waals surface area contributed by atoms with Crippen LogP contribution in [0.2, 0.25) is 0 Å². The summed E-state index contributed by atoms with van der Waals surface area (Å²) in [7, 11) is 1.19. The predicted octanol–water partition coefficient (Wildman–Crippen LogP) is 0.968. The molecule has 0 bridgehead atoms. The van der Waals surface area contributed by atoms with E-state index in [0.717, 1.165) is 12.8 Å². The van der Waals surface area contributed by atoms with Gasteiger partial charge in [-0.05, 0) is 6.42 Å². The van der Waals surface area contributed by atoms with E-state index in [0.29, 0.717) is 6.61 Å². The van der Waals surface area contributed by atoms with Crippen LogP contribution in [-0.2, 0) is 14.3 Å². The van der Waals surface area contributed by atoms with Gasteiger partial charge in [0.2, 0.25) is 0 Å². The Morgan fingerprint density at radius 1 is 1.50 bits per heavy atom. The first kappa shape index (κ1) is 14.2. The fourth-order valence-electron chi connectivity index (χ4n) is 0.920. The monoisotopic (exact) mass is 228 g/mol. The summed E-state index contributed by atoms with van der Waals surface area (Å²) in [5.74, 6) is -0.658. The van der Waals surface area contributed by atoms with Crippen molar-refractivity contribution in [2.75, 3.05) is 13.7 Å². The summed E-state index contributed by atoms with van der Waals surface area (Å²) in [5, 5.41) is 10.7. The van der Waals surface area contributed by atoms with Crippen molar-refractivity contribution in [3.8, 4) is 6.07 Å². The van der Waals surface area contributed by atoms with Crippen molar-refractivity contribution >= 4 is 12.1 Å². The Labute approximate surface area is 94.5 Å². The average Bonchev–Trinajstić information content (AvgIpc) is 2.28. The van der Waals surface area contributed by atoms with Crippen LogP contribution in [0.4, 0.5) is 4.79 Å². The van der Waals surface area contributed by atoms with Gasteiger partial charge in [-0.15, -0.1) is 0 Å². The van der Waals surface area contributed by atoms with Crippen LogP contribution < -0.4 is 5.32 Å². The van der Waals surface area contributed by atoms with E-state index in [2.05, 4.69) is 10.1 Å². The SMILES string of the molecule is CCCCOC(=O)N[C@H](CC#N)C(=O)OC. The van der Waals surface area contributed by atoms with Crippen molar-refractivity contribution in [2.45, 2.75) is 32.2 Å². The van der Waals surface area contributed by atoms with Crippen LogP contribution in [0, 0.1) is 11.3 Å². The number of ether oxygens (including phenoxy) is 2. The number of nitrogens with zero attached hydrogens (tertiary/aromatic N) is 1. The normalized spacial score (nSPS) is 11.1. The molecule has 0 aliphatic heterocycles. The van der Waals surface area contributed by atoms with E-state index in [1.54, 1.807) is 6.07 Å². The predicted molar refractivity (Wildman–Crippen MR) is 55.4 cm³/mol. The number of hydrogen-bond donors (Lipinski definition) is 1. The van der Waals surface area contributed by atoms with Gasteiger partial charge in [-0.2, -0.15) is 5.26 Å². The minimum absolute atomic E-state index is 0.143. The lowest BCUT2D eigenvalue weighted by Gasteiger charge is -2.13. The largest absolute Gasteiger partial charge is 0.467 e. The number of alkyl carbamates (subject to hydrolysis) is 1. The lowest BCUT2D eigenvalue weighted by Crippen LogP contribution is -2.41. The second kappa shape index (κ2) is 8.53. The second-order valence-corrected chi connectivity index (χ2v) is 3.07. The first-order valence-corrected chi connectivity index (χ1v) is 5.03. The van der Waals surface area contributed by atoms with Gasteiger partial charge in [0.1, 0.15) is 6.04 Å². The number of nitrogens with one attached hydrogen (secondary N) is 1. The number of unbranched alkanes of at least 4 members (excludes halogenated alkanes) is 1. The van der Waals surface area contributed by atoms with Gasteiger partial charge in [0.25, 0.3) is 0 Å². The Hall–Kier alpha value is -1.77. The third kappa shape index (κ3) is 5.86. The fraction of sp³-hybridized carbons (Fsp3) is 0.700. The van der Waals surface area contributed by atoms with Crippen molar-refractivity contribution in [1.29, 1.82) is 5.26 Å². The maximum absolute atomic E-state index is 11.2. The zero-order chi connectivity index (χ0) is 12.4. The molecule has 0 aliphatic carbocycles. The third-order valence-electron chi connectivity index (χ3n) is 1.80. The number of methoxy groups -OCH3 is 1. The van der Waals surface area contributed by atoms with Gasteiger partial charge in [0.15, 0.2) is 0 Å². The van der Waals surface area contributed by atoms with E-state index >= 15 is 0 Å². The number of carbonyl (C=O) groups excluding carboxylic acids is 2. The highest BCUT2D eigenvalue weighted by Crippen LogP contribution is 1.96. The molecule has 6 heteroatoms. The molecule has 0 aromatic heterocycles. The number of rotatable bonds is 6. The molecule has 0 radical (unpaired) electrons. The first-order chi connectivity index (χ1) is 7.65. The van der Waals surface area contributed by atoms with Gasteiger partial charge in [-0.25, -0.2) is 9.59 Å². The van der Waals surface area contributed by atoms with Crippen LogP contribution in [0.1, 0.15) is 26.2 Å². The molecule has 1 N–H and O–H groups in total. The smallest absolute Gasteiger partial charge is 0.407 e. The second-order valence-electron chi connectivity index (χ2n) is 3.07. The van der Waals surface area contributed by atoms with Gasteiger partial charge in [-0.3, -0.25) is 0 Å². The summed E-state index contributed by atoms with van der Waals surface area (Å²) in [5.41, 5.74) is 0. The lowest BCUT2D eigenvalue weighted by atomic mass is 10.2. The maximum Gasteiger partial charge on any atom is 0.407 e. The van der Waals surface area contributed by atoms with Crippen LogP contribution in [0.15, 0.2) is 0 Å². The lowest BCUT2D eigenvalue weighted by molar-refractivity contribution is -0.142. The van der Waals surface area contributed by atoms with Gasteiger partial charge in [-0.1, -0.05) is 13.3 Å². The highest BCUT2D eigenvalue weighted by molar-refractivity contribution is 5.81. The Bertz CT molecular complexity index is 272. The summed E-state index contributed by atoms with van der Waals surface area (Å²) in [4.78, 5) is 22.3. The molecule has 0 unspecified atom stereocenters. The van der Waals surface area contributed by atoms with Crippen LogP contribution in [0.3, 0.4) is 0 Å². The summed E-state index contributed by atoms with van der Waals surface area (Å²) in [6.45, 7) is 2.26. The number of carbonyl (C=O) groups is 2. The molecule has 90 valence electrons. The summed E-state index contributed by atoms with van der Waals surface area (Å²) >= 11 is 0. The number of amides is 1. The minimum atomic E-state index is -0.968. The standard InChI is InChI=1S/C10H16N2O4/c1-3-4-7-16-10(14)12-8(5-6-11)9(13)15-2/h8H,3-5,7H2,1-2H3,(H,12,14)/t8-/m1/s1. The highest BCUT2D eigenvalue weighted by atomic mass is 16.6. The molecule has 16 heavy (non-hydrogen) atoms. The molecule has 0 heterocycles. The van der Waals surface area contributed by atoms with E-state index < -0.39 is 18.1 Å². The highest BCUT2D eigenvalue weighted by Gasteiger charge is 2.21. The summed E-state index contributed by atoms with van der Waals surface area (Å²) in [6.07, 6.45) is 0.815. The Kier molecular flexibility index (Phi) is 7.59. The van der Waals surface area contributed by atoms with Crippen molar-refractivity contribution in [3.05, 3.63) is 0 Å². The van der Waals surface area contributed by atoms with Crippen molar-refractivity contribution in [3.63, 3.8) is 0 Å². The zero-order valence-corrected chi connectivity index (χ0v) is 9.49. The molecule has 0 spiro atoms. The van der Waals surface area contributed by atoms with E-state index in [9.17, 15) is 9.59 Å². The van der Waals surface area contributed by atoms with E-state index in [1.165, 1.54) is 7.11 Å². The molecule has 0 aliphatic rings. The first-order valence-electron chi connectivity index (χ1n) is 5.03. The quantitative estimate of drug-likeness (QED) is 0.540. The van der Waals surface area contributed by atoms with E-state index in [1.807, 2.05) is 6.92 Å². The molecular weight excluding hydrogens is 212 g/mol. The van der Waals surface area contributed by atoms with E-state index in [4.69, 9.17) is 10.00 Å². The van der Waals surface area contributed by atoms with Crippen molar-refractivity contribution in [1.82, 2.24) is 5.32 Å². The summed E-state index contributed by atoms with van der Waals surface area (Å²) < 4.78 is 9.22. The number of nitriles is 1. The van der Waals surface area contributed by atoms with Crippen molar-refractivity contribution < 1.29 is 19.1 Å². The Balaban J connectivity index is 4.04. The molecule has 0 aromatic rings. The van der Waals surface area contributed by atoms with Crippen LogP contribution in [0.5, 0.6) is 0 Å². The van der Waals surface area contributed by atoms with Gasteiger partial charge >= 0.3 is 12.1 Å². The van der Waals surface area contributed by atoms with Gasteiger partial charge in [0.05, 0.1) is 26.2 Å². The molecule has 0 saturated carbocycles. The summed E-state index contributed by atoms with van der Waals surface area (Å²) in [6, 6.07) is 0.816. The minimum Gasteiger partial charge on any atom is -0.467 e. The zero-order valence-electron chi connectivity index (χ0n) is 9.49. The van der Waals surface area contributed by atoms with E-state index in [-0.39, 0.29) is 6.42 Å². The van der Waals surface area contributed by atoms with Crippen molar-refractivity contribution in [2.24, 2.45) is 0 Å². The molecule has 1 atom stereocenters. The van der Waals surface area contributed by atoms with Gasteiger partial charge < -0.3 is 14.8 Å². The van der Waals surface area contributed by atoms with Crippen LogP contribution in [0.25, 0.3) is 0 Å². The number of esters is 1. The van der Waals surface area contributed by atoms with Crippen LogP contribution in [-0.4, -0.2) is 31.8 Å². The molecule has 0 aromatic carbocycles. The maximum atomic E-state index is 11.2. The Morgan fingerprint density at radius 3 is 2.69 bits per heavy atom. The average molecular weight is 228 g/mol. The number of hydrogen-bond acceptors (Lipinski definition) is 5.